The summed E-state index contributed by atoms with van der Waals surface area (Å²) in [5.41, 5.74) is 0. The molecule has 0 aliphatic rings. The van der Waals surface area contributed by atoms with E-state index in [0.29, 0.717) is 0 Å². The molecule has 0 aromatic heterocycles. The van der Waals surface area contributed by atoms with Gasteiger partial charge in [0.15, 0.2) is 8.32 Å². The van der Waals surface area contributed by atoms with Crippen LogP contribution in [0.15, 0.2) is 0 Å². The first-order valence-electron chi connectivity index (χ1n) is 9.85. The molecule has 0 N–H and O–H groups in total. The van der Waals surface area contributed by atoms with Crippen LogP contribution in [0.4, 0.5) is 0 Å². The van der Waals surface area contributed by atoms with E-state index in [9.17, 15) is 4.46 Å². The fourth-order valence-electron chi connectivity index (χ4n) is 3.41. The second kappa shape index (κ2) is 8.73. The summed E-state index contributed by atoms with van der Waals surface area (Å²) in [6.45, 7) is 27.2. The Bertz CT molecular complexity index is 460. The summed E-state index contributed by atoms with van der Waals surface area (Å²) >= 11 is 0. The summed E-state index contributed by atoms with van der Waals surface area (Å²) < 4.78 is 25.5. The fourth-order valence-corrected chi connectivity index (χ4v) is 16.4. The monoisotopic (exact) mass is 420 g/mol. The van der Waals surface area contributed by atoms with Crippen LogP contribution in [0.3, 0.4) is 0 Å². The second-order valence-electron chi connectivity index (χ2n) is 10.1. The van der Waals surface area contributed by atoms with Gasteiger partial charge < -0.3 is 13.3 Å². The van der Waals surface area contributed by atoms with Gasteiger partial charge in [0.25, 0.3) is 8.68 Å². The summed E-state index contributed by atoms with van der Waals surface area (Å²) in [7, 11) is -6.87. The van der Waals surface area contributed by atoms with E-state index in [2.05, 4.69) is 73.5 Å². The van der Waals surface area contributed by atoms with E-state index in [1.54, 1.807) is 0 Å². The largest absolute Gasteiger partial charge is 0.412 e. The Labute approximate surface area is 162 Å². The van der Waals surface area contributed by atoms with Crippen molar-refractivity contribution >= 4 is 33.4 Å². The van der Waals surface area contributed by atoms with Crippen molar-refractivity contribution in [2.24, 2.45) is 0 Å². The van der Waals surface area contributed by atoms with Crippen molar-refractivity contribution in [2.75, 3.05) is 0 Å². The quantitative estimate of drug-likeness (QED) is 0.371. The molecule has 7 heteroatoms. The summed E-state index contributed by atoms with van der Waals surface area (Å²) in [6.07, 6.45) is 2.00. The highest BCUT2D eigenvalue weighted by Gasteiger charge is 2.53. The van der Waals surface area contributed by atoms with Crippen LogP contribution in [0.5, 0.6) is 0 Å². The van der Waals surface area contributed by atoms with Gasteiger partial charge in [0.05, 0.1) is 13.3 Å². The number of hydrogen-bond donors (Lipinski definition) is 0. The maximum absolute atomic E-state index is 11.7. The Morgan fingerprint density at radius 1 is 0.840 bits per heavy atom. The van der Waals surface area contributed by atoms with Crippen LogP contribution < -0.4 is 0 Å². The lowest BCUT2D eigenvalue weighted by atomic mass is 10.3. The minimum absolute atomic E-state index is 0.0979. The first kappa shape index (κ1) is 25.6. The van der Waals surface area contributed by atoms with Crippen LogP contribution in [0, 0.1) is 0 Å². The molecular formula is C18H44O3Si4. The molecule has 25 heavy (non-hydrogen) atoms. The molecule has 3 nitrogen and oxygen atoms in total. The Morgan fingerprint density at radius 3 is 1.60 bits per heavy atom. The van der Waals surface area contributed by atoms with Gasteiger partial charge in [-0.2, -0.15) is 0 Å². The molecule has 0 heterocycles. The van der Waals surface area contributed by atoms with Crippen LogP contribution in [-0.4, -0.2) is 43.8 Å². The third-order valence-corrected chi connectivity index (χ3v) is 17.9. The molecule has 0 rings (SSSR count). The Morgan fingerprint density at radius 2 is 1.28 bits per heavy atom. The lowest BCUT2D eigenvalue weighted by Gasteiger charge is -2.53. The Hall–Kier alpha value is 0.588. The van der Waals surface area contributed by atoms with Gasteiger partial charge in [-0.05, 0) is 72.0 Å². The molecule has 0 amide bonds. The Balaban J connectivity index is 5.65. The summed E-state index contributed by atoms with van der Waals surface area (Å²) in [4.78, 5) is 0. The highest BCUT2D eigenvalue weighted by molar-refractivity contribution is 6.83. The van der Waals surface area contributed by atoms with E-state index < -0.39 is 33.4 Å². The zero-order chi connectivity index (χ0) is 20.3. The topological polar surface area (TPSA) is 35.5 Å². The van der Waals surface area contributed by atoms with Crippen molar-refractivity contribution in [3.8, 4) is 0 Å². The standard InChI is InChI=1S/C18H44O3Si4/c1-13-17(3,24(9,10)16-15-22(5)19)21-25(11,12)18(4,14-2)20-23(6,7)8/h13-16H2,1-12H3. The van der Waals surface area contributed by atoms with Crippen LogP contribution in [0.2, 0.25) is 64.5 Å². The van der Waals surface area contributed by atoms with Crippen LogP contribution in [0.25, 0.3) is 0 Å². The van der Waals surface area contributed by atoms with E-state index in [0.717, 1.165) is 24.9 Å². The van der Waals surface area contributed by atoms with Crippen molar-refractivity contribution in [1.29, 1.82) is 0 Å². The van der Waals surface area contributed by atoms with Crippen LogP contribution in [-0.2, 0) is 13.3 Å². The van der Waals surface area contributed by atoms with Gasteiger partial charge in [0, 0.05) is 5.22 Å². The third kappa shape index (κ3) is 6.92. The van der Waals surface area contributed by atoms with Crippen LogP contribution in [0.1, 0.15) is 40.5 Å². The van der Waals surface area contributed by atoms with Gasteiger partial charge in [-0.15, -0.1) is 0 Å². The van der Waals surface area contributed by atoms with E-state index in [1.165, 1.54) is 0 Å². The zero-order valence-corrected chi connectivity index (χ0v) is 23.1. The average Bonchev–Trinajstić information content (AvgIpc) is 2.42. The number of hydrogen-bond acceptors (Lipinski definition) is 3. The summed E-state index contributed by atoms with van der Waals surface area (Å²) in [5.74, 6) is 0. The van der Waals surface area contributed by atoms with Crippen molar-refractivity contribution in [3.63, 3.8) is 0 Å². The van der Waals surface area contributed by atoms with Crippen molar-refractivity contribution in [2.45, 2.75) is 115 Å². The summed E-state index contributed by atoms with van der Waals surface area (Å²) in [6, 6.07) is 1.94. The van der Waals surface area contributed by atoms with Gasteiger partial charge in [-0.25, -0.2) is 0 Å². The molecule has 0 radical (unpaired) electrons. The molecule has 2 unspecified atom stereocenters. The van der Waals surface area contributed by atoms with E-state index in [-0.39, 0.29) is 10.4 Å². The lowest BCUT2D eigenvalue weighted by molar-refractivity contribution is 0.0763. The molecular weight excluding hydrogens is 377 g/mol. The van der Waals surface area contributed by atoms with E-state index in [4.69, 9.17) is 8.85 Å². The molecule has 150 valence electrons. The minimum atomic E-state index is -2.11. The van der Waals surface area contributed by atoms with Crippen LogP contribution >= 0.6 is 0 Å². The molecule has 0 fully saturated rings. The number of rotatable bonds is 11. The molecule has 0 bridgehead atoms. The maximum Gasteiger partial charge on any atom is 0.273 e. The first-order valence-corrected chi connectivity index (χ1v) is 21.5. The normalized spacial score (nSPS) is 18.6. The molecule has 0 saturated carbocycles. The first-order chi connectivity index (χ1) is 11.0. The molecule has 0 aliphatic carbocycles. The minimum Gasteiger partial charge on any atom is -0.412 e. The molecule has 2 atom stereocenters. The highest BCUT2D eigenvalue weighted by Crippen LogP contribution is 2.40. The van der Waals surface area contributed by atoms with E-state index in [1.807, 2.05) is 6.55 Å². The van der Waals surface area contributed by atoms with Gasteiger partial charge in [0.2, 0.25) is 8.32 Å². The van der Waals surface area contributed by atoms with Crippen molar-refractivity contribution < 1.29 is 13.3 Å². The lowest BCUT2D eigenvalue weighted by Crippen LogP contribution is -2.66. The molecule has 0 spiro atoms. The second-order valence-corrected chi connectivity index (χ2v) is 26.0. The Kier molecular flexibility index (Phi) is 8.93. The predicted molar refractivity (Wildman–Crippen MR) is 120 cm³/mol. The molecule has 0 aromatic carbocycles. The van der Waals surface area contributed by atoms with Gasteiger partial charge in [-0.1, -0.05) is 33.0 Å². The van der Waals surface area contributed by atoms with Crippen molar-refractivity contribution in [1.82, 2.24) is 0 Å². The highest BCUT2D eigenvalue weighted by atomic mass is 28.4. The molecule has 0 saturated heterocycles. The maximum atomic E-state index is 11.7. The SMILES string of the molecule is CCC(C)(O[Si](C)(C)C(C)(CC)O[Si](C)(C)C)[Si](C)(C)CC[Si](C)=O. The fraction of sp³-hybridized carbons (Fsp3) is 1.00. The van der Waals surface area contributed by atoms with Gasteiger partial charge >= 0.3 is 0 Å². The third-order valence-electron chi connectivity index (χ3n) is 6.17. The zero-order valence-electron chi connectivity index (χ0n) is 19.1. The summed E-state index contributed by atoms with van der Waals surface area (Å²) in [5, 5.41) is -0.268. The average molecular weight is 421 g/mol. The van der Waals surface area contributed by atoms with Gasteiger partial charge in [-0.3, -0.25) is 0 Å². The molecule has 0 aliphatic heterocycles. The van der Waals surface area contributed by atoms with Gasteiger partial charge in [0.1, 0.15) is 0 Å². The van der Waals surface area contributed by atoms with Crippen molar-refractivity contribution in [3.05, 3.63) is 0 Å². The molecule has 0 aromatic rings. The van der Waals surface area contributed by atoms with E-state index >= 15 is 0 Å². The smallest absolute Gasteiger partial charge is 0.273 e. The predicted octanol–water partition coefficient (Wildman–Crippen LogP) is 6.24.